The lowest BCUT2D eigenvalue weighted by Crippen LogP contribution is -2.47. The average molecular weight is 258 g/mol. The summed E-state index contributed by atoms with van der Waals surface area (Å²) in [6.07, 6.45) is 4.92. The lowest BCUT2D eigenvalue weighted by molar-refractivity contribution is 0.106. The molecule has 1 aromatic carbocycles. The first-order valence-corrected chi connectivity index (χ1v) is 7.78. The largest absolute Gasteiger partial charge is 0.327 e. The summed E-state index contributed by atoms with van der Waals surface area (Å²) in [5.41, 5.74) is 10.8. The second-order valence-electron chi connectivity index (χ2n) is 6.37. The van der Waals surface area contributed by atoms with Gasteiger partial charge in [-0.05, 0) is 43.2 Å². The van der Waals surface area contributed by atoms with E-state index in [4.69, 9.17) is 5.73 Å². The van der Waals surface area contributed by atoms with Gasteiger partial charge in [0.15, 0.2) is 0 Å². The molecular weight excluding hydrogens is 232 g/mol. The van der Waals surface area contributed by atoms with Crippen LogP contribution in [0.3, 0.4) is 0 Å². The summed E-state index contributed by atoms with van der Waals surface area (Å²) in [5.74, 6) is 0.683. The predicted octanol–water partition coefficient (Wildman–Crippen LogP) is 3.04. The molecule has 1 fully saturated rings. The van der Waals surface area contributed by atoms with E-state index in [2.05, 4.69) is 36.9 Å². The lowest BCUT2D eigenvalue weighted by Gasteiger charge is -2.40. The Bertz CT molecular complexity index is 455. The van der Waals surface area contributed by atoms with Crippen LogP contribution in [0, 0.1) is 12.8 Å². The lowest BCUT2D eigenvalue weighted by atomic mass is 9.89. The van der Waals surface area contributed by atoms with Gasteiger partial charge in [-0.15, -0.1) is 0 Å². The minimum Gasteiger partial charge on any atom is -0.327 e. The van der Waals surface area contributed by atoms with E-state index in [1.165, 1.54) is 37.9 Å². The first kappa shape index (κ1) is 13.1. The monoisotopic (exact) mass is 258 g/mol. The highest BCUT2D eigenvalue weighted by Crippen LogP contribution is 2.38. The van der Waals surface area contributed by atoms with Crippen molar-refractivity contribution in [1.82, 2.24) is 4.90 Å². The van der Waals surface area contributed by atoms with Gasteiger partial charge in [-0.1, -0.05) is 37.1 Å². The van der Waals surface area contributed by atoms with Crippen molar-refractivity contribution in [2.75, 3.05) is 13.1 Å². The Balaban J connectivity index is 1.80. The van der Waals surface area contributed by atoms with Crippen LogP contribution in [0.1, 0.15) is 48.9 Å². The molecule has 0 radical (unpaired) electrons. The summed E-state index contributed by atoms with van der Waals surface area (Å²) >= 11 is 0. The standard InChI is InChI=1S/C17H26N2/c1-3-13-11-19(9-8-16(13)18)17-7-6-14-5-4-12(2)10-15(14)17/h4-5,10,13,16-17H,3,6-9,11,18H2,1-2H3. The summed E-state index contributed by atoms with van der Waals surface area (Å²) in [4.78, 5) is 2.70. The number of likely N-dealkylation sites (tertiary alicyclic amines) is 1. The first-order valence-electron chi connectivity index (χ1n) is 7.78. The van der Waals surface area contributed by atoms with E-state index >= 15 is 0 Å². The third-order valence-corrected chi connectivity index (χ3v) is 5.14. The van der Waals surface area contributed by atoms with E-state index in [0.29, 0.717) is 18.0 Å². The average Bonchev–Trinajstić information content (AvgIpc) is 2.82. The first-order chi connectivity index (χ1) is 9.19. The molecule has 3 unspecified atom stereocenters. The SMILES string of the molecule is CCC1CN(C2CCc3ccc(C)cc32)CCC1N. The van der Waals surface area contributed by atoms with Gasteiger partial charge in [0.05, 0.1) is 0 Å². The zero-order valence-corrected chi connectivity index (χ0v) is 12.2. The predicted molar refractivity (Wildman–Crippen MR) is 80.2 cm³/mol. The summed E-state index contributed by atoms with van der Waals surface area (Å²) in [6.45, 7) is 6.85. The van der Waals surface area contributed by atoms with Crippen LogP contribution in [-0.4, -0.2) is 24.0 Å². The molecule has 3 atom stereocenters. The van der Waals surface area contributed by atoms with Gasteiger partial charge in [0.25, 0.3) is 0 Å². The Kier molecular flexibility index (Phi) is 3.64. The van der Waals surface area contributed by atoms with Crippen molar-refractivity contribution in [1.29, 1.82) is 0 Å². The number of aryl methyl sites for hydroxylation is 2. The Labute approximate surface area is 117 Å². The zero-order chi connectivity index (χ0) is 13.4. The minimum atomic E-state index is 0.416. The Morgan fingerprint density at radius 1 is 1.32 bits per heavy atom. The number of rotatable bonds is 2. The molecule has 3 rings (SSSR count). The fourth-order valence-electron chi connectivity index (χ4n) is 3.87. The van der Waals surface area contributed by atoms with Gasteiger partial charge in [-0.25, -0.2) is 0 Å². The maximum Gasteiger partial charge on any atom is 0.0354 e. The van der Waals surface area contributed by atoms with Crippen LogP contribution in [0.4, 0.5) is 0 Å². The van der Waals surface area contributed by atoms with Gasteiger partial charge in [0, 0.05) is 25.2 Å². The van der Waals surface area contributed by atoms with Gasteiger partial charge in [-0.2, -0.15) is 0 Å². The molecule has 1 heterocycles. The Hall–Kier alpha value is -0.860. The van der Waals surface area contributed by atoms with Gasteiger partial charge < -0.3 is 5.73 Å². The molecule has 0 spiro atoms. The Morgan fingerprint density at radius 3 is 2.95 bits per heavy atom. The molecule has 0 aromatic heterocycles. The highest BCUT2D eigenvalue weighted by molar-refractivity contribution is 5.37. The molecule has 19 heavy (non-hydrogen) atoms. The molecule has 0 saturated carbocycles. The van der Waals surface area contributed by atoms with Crippen LogP contribution >= 0.6 is 0 Å². The van der Waals surface area contributed by atoms with Crippen molar-refractivity contribution in [3.05, 3.63) is 34.9 Å². The highest BCUT2D eigenvalue weighted by Gasteiger charge is 2.33. The molecule has 1 aromatic rings. The second-order valence-corrected chi connectivity index (χ2v) is 6.37. The summed E-state index contributed by atoms with van der Waals surface area (Å²) in [6, 6.07) is 8.05. The topological polar surface area (TPSA) is 29.3 Å². The second kappa shape index (κ2) is 5.26. The number of hydrogen-bond acceptors (Lipinski definition) is 2. The molecule has 0 bridgehead atoms. The van der Waals surface area contributed by atoms with Crippen molar-refractivity contribution in [2.45, 2.75) is 51.6 Å². The third-order valence-electron chi connectivity index (χ3n) is 5.14. The molecule has 2 heteroatoms. The van der Waals surface area contributed by atoms with Crippen molar-refractivity contribution < 1.29 is 0 Å². The minimum absolute atomic E-state index is 0.416. The number of benzene rings is 1. The molecule has 104 valence electrons. The van der Waals surface area contributed by atoms with E-state index in [1.54, 1.807) is 11.1 Å². The molecule has 2 nitrogen and oxygen atoms in total. The zero-order valence-electron chi connectivity index (χ0n) is 12.2. The fourth-order valence-corrected chi connectivity index (χ4v) is 3.87. The quantitative estimate of drug-likeness (QED) is 0.883. The number of piperidine rings is 1. The van der Waals surface area contributed by atoms with E-state index < -0.39 is 0 Å². The highest BCUT2D eigenvalue weighted by atomic mass is 15.2. The summed E-state index contributed by atoms with van der Waals surface area (Å²) in [5, 5.41) is 0. The summed E-state index contributed by atoms with van der Waals surface area (Å²) < 4.78 is 0. The summed E-state index contributed by atoms with van der Waals surface area (Å²) in [7, 11) is 0. The fraction of sp³-hybridized carbons (Fsp3) is 0.647. The molecule has 1 saturated heterocycles. The molecule has 1 aliphatic heterocycles. The van der Waals surface area contributed by atoms with Crippen molar-refractivity contribution in [2.24, 2.45) is 11.7 Å². The van der Waals surface area contributed by atoms with Crippen LogP contribution in [0.25, 0.3) is 0 Å². The van der Waals surface area contributed by atoms with Crippen LogP contribution in [0.5, 0.6) is 0 Å². The number of hydrogen-bond donors (Lipinski definition) is 1. The van der Waals surface area contributed by atoms with Crippen LogP contribution < -0.4 is 5.73 Å². The van der Waals surface area contributed by atoms with Crippen LogP contribution in [0.15, 0.2) is 18.2 Å². The normalized spacial score (nSPS) is 31.4. The molecule has 1 aliphatic carbocycles. The van der Waals surface area contributed by atoms with Gasteiger partial charge in [0.2, 0.25) is 0 Å². The van der Waals surface area contributed by atoms with Crippen molar-refractivity contribution >= 4 is 0 Å². The van der Waals surface area contributed by atoms with Crippen molar-refractivity contribution in [3.63, 3.8) is 0 Å². The van der Waals surface area contributed by atoms with Crippen molar-refractivity contribution in [3.8, 4) is 0 Å². The van der Waals surface area contributed by atoms with Gasteiger partial charge in [-0.3, -0.25) is 4.90 Å². The maximum absolute atomic E-state index is 6.24. The maximum atomic E-state index is 6.24. The van der Waals surface area contributed by atoms with Crippen LogP contribution in [0.2, 0.25) is 0 Å². The Morgan fingerprint density at radius 2 is 2.16 bits per heavy atom. The number of fused-ring (bicyclic) bond motifs is 1. The van der Waals surface area contributed by atoms with Gasteiger partial charge >= 0.3 is 0 Å². The van der Waals surface area contributed by atoms with Crippen LogP contribution in [-0.2, 0) is 6.42 Å². The molecule has 2 N–H and O–H groups in total. The van der Waals surface area contributed by atoms with E-state index in [-0.39, 0.29) is 0 Å². The van der Waals surface area contributed by atoms with E-state index in [0.717, 1.165) is 6.42 Å². The third kappa shape index (κ3) is 2.44. The van der Waals surface area contributed by atoms with E-state index in [1.807, 2.05) is 0 Å². The number of nitrogens with two attached hydrogens (primary N) is 1. The molecule has 0 amide bonds. The van der Waals surface area contributed by atoms with Gasteiger partial charge in [0.1, 0.15) is 0 Å². The number of nitrogens with zero attached hydrogens (tertiary/aromatic N) is 1. The molecule has 2 aliphatic rings. The molecular formula is C17H26N2. The smallest absolute Gasteiger partial charge is 0.0354 e. The van der Waals surface area contributed by atoms with E-state index in [9.17, 15) is 0 Å².